The summed E-state index contributed by atoms with van der Waals surface area (Å²) >= 11 is 0. The number of likely N-dealkylation sites (tertiary alicyclic amines) is 1. The standard InChI is InChI=1S/C24H29N3O2/c1-26(2)22-13-14-27(16-22)24(29)18-9-11-21(12-10-18)25-23(28)20-8-7-17-5-3-4-6-19(17)15-20/h3-6,9-12,20,22H,7-8,13-16H2,1-2H3,(H,25,28). The Bertz CT molecular complexity index is 891. The predicted molar refractivity (Wildman–Crippen MR) is 115 cm³/mol. The van der Waals surface area contributed by atoms with E-state index in [0.717, 1.165) is 44.5 Å². The first kappa shape index (κ1) is 19.6. The number of fused-ring (bicyclic) bond motifs is 1. The van der Waals surface area contributed by atoms with Crippen LogP contribution in [0, 0.1) is 5.92 Å². The smallest absolute Gasteiger partial charge is 0.253 e. The van der Waals surface area contributed by atoms with E-state index in [1.807, 2.05) is 35.2 Å². The number of amides is 2. The minimum Gasteiger partial charge on any atom is -0.337 e. The van der Waals surface area contributed by atoms with Gasteiger partial charge in [0.1, 0.15) is 0 Å². The minimum atomic E-state index is -0.00113. The molecule has 0 saturated carbocycles. The number of hydrogen-bond acceptors (Lipinski definition) is 3. The average molecular weight is 392 g/mol. The molecule has 1 aliphatic heterocycles. The van der Waals surface area contributed by atoms with E-state index in [4.69, 9.17) is 0 Å². The summed E-state index contributed by atoms with van der Waals surface area (Å²) in [6, 6.07) is 16.1. The lowest BCUT2D eigenvalue weighted by Crippen LogP contribution is -2.34. The van der Waals surface area contributed by atoms with Crippen molar-refractivity contribution in [3.8, 4) is 0 Å². The fraction of sp³-hybridized carbons (Fsp3) is 0.417. The van der Waals surface area contributed by atoms with Gasteiger partial charge in [-0.1, -0.05) is 24.3 Å². The van der Waals surface area contributed by atoms with Crippen LogP contribution in [0.2, 0.25) is 0 Å². The molecule has 1 aliphatic carbocycles. The van der Waals surface area contributed by atoms with Crippen LogP contribution < -0.4 is 5.32 Å². The van der Waals surface area contributed by atoms with Gasteiger partial charge in [0.2, 0.25) is 5.91 Å². The van der Waals surface area contributed by atoms with Crippen LogP contribution in [0.1, 0.15) is 34.3 Å². The molecule has 1 fully saturated rings. The van der Waals surface area contributed by atoms with E-state index in [1.165, 1.54) is 11.1 Å². The van der Waals surface area contributed by atoms with Crippen molar-refractivity contribution in [1.29, 1.82) is 0 Å². The maximum atomic E-state index is 12.7. The zero-order valence-electron chi connectivity index (χ0n) is 17.2. The molecule has 5 nitrogen and oxygen atoms in total. The van der Waals surface area contributed by atoms with E-state index in [9.17, 15) is 9.59 Å². The molecule has 0 radical (unpaired) electrons. The number of rotatable bonds is 4. The Hall–Kier alpha value is -2.66. The van der Waals surface area contributed by atoms with Gasteiger partial charge in [0.25, 0.3) is 5.91 Å². The number of nitrogens with one attached hydrogen (secondary N) is 1. The third kappa shape index (κ3) is 4.35. The van der Waals surface area contributed by atoms with E-state index >= 15 is 0 Å². The largest absolute Gasteiger partial charge is 0.337 e. The fourth-order valence-corrected chi connectivity index (χ4v) is 4.39. The van der Waals surface area contributed by atoms with Crippen LogP contribution in [-0.2, 0) is 17.6 Å². The normalized spacial score (nSPS) is 21.1. The van der Waals surface area contributed by atoms with Gasteiger partial charge in [0.15, 0.2) is 0 Å². The Labute approximate surface area is 172 Å². The van der Waals surface area contributed by atoms with Crippen LogP contribution in [0.4, 0.5) is 5.69 Å². The molecule has 4 rings (SSSR count). The second kappa shape index (κ2) is 8.37. The summed E-state index contributed by atoms with van der Waals surface area (Å²) in [6.07, 6.45) is 3.63. The summed E-state index contributed by atoms with van der Waals surface area (Å²) < 4.78 is 0. The van der Waals surface area contributed by atoms with E-state index in [1.54, 1.807) is 0 Å². The highest BCUT2D eigenvalue weighted by molar-refractivity contribution is 5.96. The van der Waals surface area contributed by atoms with Gasteiger partial charge in [-0.2, -0.15) is 0 Å². The summed E-state index contributed by atoms with van der Waals surface area (Å²) in [7, 11) is 4.11. The van der Waals surface area contributed by atoms with E-state index in [2.05, 4.69) is 42.5 Å². The number of aryl methyl sites for hydroxylation is 1. The Morgan fingerprint density at radius 3 is 2.41 bits per heavy atom. The van der Waals surface area contributed by atoms with Crippen molar-refractivity contribution < 1.29 is 9.59 Å². The second-order valence-electron chi connectivity index (χ2n) is 8.43. The predicted octanol–water partition coefficient (Wildman–Crippen LogP) is 3.21. The lowest BCUT2D eigenvalue weighted by molar-refractivity contribution is -0.120. The monoisotopic (exact) mass is 391 g/mol. The third-order valence-electron chi connectivity index (χ3n) is 6.30. The highest BCUT2D eigenvalue weighted by atomic mass is 16.2. The van der Waals surface area contributed by atoms with Gasteiger partial charge in [0, 0.05) is 36.3 Å². The molecular formula is C24H29N3O2. The summed E-state index contributed by atoms with van der Waals surface area (Å²) in [4.78, 5) is 29.5. The quantitative estimate of drug-likeness (QED) is 0.871. The highest BCUT2D eigenvalue weighted by Crippen LogP contribution is 2.26. The van der Waals surface area contributed by atoms with Crippen molar-refractivity contribution in [3.63, 3.8) is 0 Å². The van der Waals surface area contributed by atoms with Gasteiger partial charge in [-0.3, -0.25) is 9.59 Å². The van der Waals surface area contributed by atoms with Crippen LogP contribution in [0.3, 0.4) is 0 Å². The topological polar surface area (TPSA) is 52.6 Å². The molecule has 1 heterocycles. The number of nitrogens with zero attached hydrogens (tertiary/aromatic N) is 2. The molecule has 2 amide bonds. The minimum absolute atomic E-state index is 0.00113. The van der Waals surface area contributed by atoms with Crippen LogP contribution in [-0.4, -0.2) is 54.8 Å². The molecule has 0 spiro atoms. The Kier molecular flexibility index (Phi) is 5.67. The molecule has 0 aromatic heterocycles. The van der Waals surface area contributed by atoms with Crippen molar-refractivity contribution >= 4 is 17.5 Å². The number of carbonyl (C=O) groups is 2. The van der Waals surface area contributed by atoms with Gasteiger partial charge in [-0.25, -0.2) is 0 Å². The Morgan fingerprint density at radius 1 is 1.00 bits per heavy atom. The number of anilines is 1. The van der Waals surface area contributed by atoms with Crippen molar-refractivity contribution in [2.24, 2.45) is 5.92 Å². The molecule has 2 aliphatic rings. The van der Waals surface area contributed by atoms with Crippen LogP contribution >= 0.6 is 0 Å². The first-order valence-electron chi connectivity index (χ1n) is 10.4. The zero-order valence-corrected chi connectivity index (χ0v) is 17.2. The molecule has 1 saturated heterocycles. The summed E-state index contributed by atoms with van der Waals surface area (Å²) in [5, 5.41) is 3.03. The van der Waals surface area contributed by atoms with Gasteiger partial charge >= 0.3 is 0 Å². The van der Waals surface area contributed by atoms with E-state index < -0.39 is 0 Å². The van der Waals surface area contributed by atoms with Gasteiger partial charge < -0.3 is 15.1 Å². The molecule has 2 atom stereocenters. The molecule has 152 valence electrons. The van der Waals surface area contributed by atoms with E-state index in [0.29, 0.717) is 11.6 Å². The average Bonchev–Trinajstić information content (AvgIpc) is 3.24. The van der Waals surface area contributed by atoms with Gasteiger partial charge in [-0.15, -0.1) is 0 Å². The highest BCUT2D eigenvalue weighted by Gasteiger charge is 2.28. The number of benzene rings is 2. The lowest BCUT2D eigenvalue weighted by Gasteiger charge is -2.24. The number of likely N-dealkylation sites (N-methyl/N-ethyl adjacent to an activating group) is 1. The molecule has 1 N–H and O–H groups in total. The molecule has 0 bridgehead atoms. The van der Waals surface area contributed by atoms with Crippen molar-refractivity contribution in [1.82, 2.24) is 9.80 Å². The SMILES string of the molecule is CN(C)C1CCN(C(=O)c2ccc(NC(=O)C3CCc4ccccc4C3)cc2)C1. The maximum Gasteiger partial charge on any atom is 0.253 e. The lowest BCUT2D eigenvalue weighted by atomic mass is 9.83. The fourth-order valence-electron chi connectivity index (χ4n) is 4.39. The number of carbonyl (C=O) groups excluding carboxylic acids is 2. The number of hydrogen-bond donors (Lipinski definition) is 1. The summed E-state index contributed by atoms with van der Waals surface area (Å²) in [6.45, 7) is 1.57. The van der Waals surface area contributed by atoms with Crippen molar-refractivity contribution in [2.45, 2.75) is 31.7 Å². The molecule has 2 aromatic carbocycles. The van der Waals surface area contributed by atoms with Crippen LogP contribution in [0.15, 0.2) is 48.5 Å². The first-order valence-corrected chi connectivity index (χ1v) is 10.4. The molecule has 2 aromatic rings. The Balaban J connectivity index is 1.35. The van der Waals surface area contributed by atoms with Crippen LogP contribution in [0.5, 0.6) is 0 Å². The van der Waals surface area contributed by atoms with Gasteiger partial charge in [-0.05, 0) is 75.2 Å². The first-order chi connectivity index (χ1) is 14.0. The van der Waals surface area contributed by atoms with Crippen molar-refractivity contribution in [3.05, 3.63) is 65.2 Å². The molecule has 29 heavy (non-hydrogen) atoms. The summed E-state index contributed by atoms with van der Waals surface area (Å²) in [5.41, 5.74) is 4.06. The zero-order chi connectivity index (χ0) is 20.4. The molecule has 2 unspecified atom stereocenters. The second-order valence-corrected chi connectivity index (χ2v) is 8.43. The third-order valence-corrected chi connectivity index (χ3v) is 6.30. The maximum absolute atomic E-state index is 12.7. The van der Waals surface area contributed by atoms with Crippen LogP contribution in [0.25, 0.3) is 0 Å². The van der Waals surface area contributed by atoms with E-state index in [-0.39, 0.29) is 17.7 Å². The summed E-state index contributed by atoms with van der Waals surface area (Å²) in [5.74, 6) is 0.127. The van der Waals surface area contributed by atoms with Crippen molar-refractivity contribution in [2.75, 3.05) is 32.5 Å². The molecular weight excluding hydrogens is 362 g/mol. The van der Waals surface area contributed by atoms with Gasteiger partial charge in [0.05, 0.1) is 0 Å². The Morgan fingerprint density at radius 2 is 1.72 bits per heavy atom. The molecule has 5 heteroatoms.